The maximum absolute atomic E-state index is 12.6. The minimum Gasteiger partial charge on any atom is -0.378 e. The molecule has 0 saturated carbocycles. The number of nitrogens with one attached hydrogen (secondary N) is 2. The van der Waals surface area contributed by atoms with E-state index in [2.05, 4.69) is 20.6 Å². The quantitative estimate of drug-likeness (QED) is 0.742. The molecular formula is C20H20N4O. The number of pyridine rings is 2. The van der Waals surface area contributed by atoms with Crippen LogP contribution in [0.5, 0.6) is 0 Å². The van der Waals surface area contributed by atoms with Gasteiger partial charge in [0.15, 0.2) is 0 Å². The van der Waals surface area contributed by atoms with Crippen molar-refractivity contribution < 1.29 is 4.79 Å². The van der Waals surface area contributed by atoms with Crippen molar-refractivity contribution in [2.24, 2.45) is 0 Å². The van der Waals surface area contributed by atoms with E-state index in [0.717, 1.165) is 28.2 Å². The van der Waals surface area contributed by atoms with Crippen LogP contribution in [0.2, 0.25) is 0 Å². The molecule has 0 saturated heterocycles. The van der Waals surface area contributed by atoms with Crippen LogP contribution in [-0.2, 0) is 6.54 Å². The van der Waals surface area contributed by atoms with Gasteiger partial charge in [0.1, 0.15) is 0 Å². The Balaban J connectivity index is 1.71. The molecule has 2 aromatic heterocycles. The summed E-state index contributed by atoms with van der Waals surface area (Å²) in [6.07, 6.45) is 5.01. The summed E-state index contributed by atoms with van der Waals surface area (Å²) in [7, 11) is 0. The predicted octanol–water partition coefficient (Wildman–Crippen LogP) is 3.96. The Morgan fingerprint density at radius 1 is 1.04 bits per heavy atom. The van der Waals surface area contributed by atoms with Gasteiger partial charge in [0.2, 0.25) is 0 Å². The molecular weight excluding hydrogens is 312 g/mol. The second-order valence-electron chi connectivity index (χ2n) is 5.86. The molecule has 3 rings (SSSR count). The Kier molecular flexibility index (Phi) is 5.04. The first-order chi connectivity index (χ1) is 12.1. The average molecular weight is 332 g/mol. The molecule has 0 bridgehead atoms. The lowest BCUT2D eigenvalue weighted by molar-refractivity contribution is 0.102. The van der Waals surface area contributed by atoms with Gasteiger partial charge in [-0.1, -0.05) is 24.3 Å². The van der Waals surface area contributed by atoms with E-state index in [-0.39, 0.29) is 5.91 Å². The summed E-state index contributed by atoms with van der Waals surface area (Å²) in [5.74, 6) is -0.175. The molecule has 0 atom stereocenters. The van der Waals surface area contributed by atoms with E-state index >= 15 is 0 Å². The lowest BCUT2D eigenvalue weighted by Crippen LogP contribution is -2.14. The van der Waals surface area contributed by atoms with Gasteiger partial charge in [-0.25, -0.2) is 0 Å². The van der Waals surface area contributed by atoms with Crippen molar-refractivity contribution in [2.45, 2.75) is 20.4 Å². The number of hydrogen-bond acceptors (Lipinski definition) is 4. The zero-order valence-electron chi connectivity index (χ0n) is 14.3. The van der Waals surface area contributed by atoms with Crippen LogP contribution in [0.15, 0.2) is 61.1 Å². The van der Waals surface area contributed by atoms with Crippen LogP contribution < -0.4 is 10.6 Å². The number of hydrogen-bond donors (Lipinski definition) is 2. The van der Waals surface area contributed by atoms with Crippen molar-refractivity contribution in [3.8, 4) is 0 Å². The smallest absolute Gasteiger partial charge is 0.257 e. The van der Waals surface area contributed by atoms with Crippen LogP contribution in [0.25, 0.3) is 0 Å². The molecule has 0 spiro atoms. The summed E-state index contributed by atoms with van der Waals surface area (Å²) in [6.45, 7) is 4.53. The Labute approximate surface area is 147 Å². The van der Waals surface area contributed by atoms with Crippen LogP contribution in [0.4, 0.5) is 11.4 Å². The number of nitrogens with zero attached hydrogens (tertiary/aromatic N) is 2. The second kappa shape index (κ2) is 7.57. The third kappa shape index (κ3) is 4.20. The minimum absolute atomic E-state index is 0.175. The van der Waals surface area contributed by atoms with Crippen LogP contribution in [0.3, 0.4) is 0 Å². The van der Waals surface area contributed by atoms with E-state index in [9.17, 15) is 4.79 Å². The Morgan fingerprint density at radius 2 is 1.84 bits per heavy atom. The summed E-state index contributed by atoms with van der Waals surface area (Å²) >= 11 is 0. The SMILES string of the molecule is Cc1cccc(C)c1NC(=O)c1cncc(NCc2ccccn2)c1. The largest absolute Gasteiger partial charge is 0.378 e. The number of carbonyl (C=O) groups is 1. The highest BCUT2D eigenvalue weighted by atomic mass is 16.1. The summed E-state index contributed by atoms with van der Waals surface area (Å²) in [5, 5.41) is 6.21. The first kappa shape index (κ1) is 16.6. The van der Waals surface area contributed by atoms with E-state index in [1.54, 1.807) is 24.7 Å². The Hall–Kier alpha value is -3.21. The van der Waals surface area contributed by atoms with Crippen molar-refractivity contribution >= 4 is 17.3 Å². The van der Waals surface area contributed by atoms with Crippen molar-refractivity contribution in [3.63, 3.8) is 0 Å². The third-order valence-corrected chi connectivity index (χ3v) is 3.92. The first-order valence-corrected chi connectivity index (χ1v) is 8.10. The molecule has 0 aliphatic heterocycles. The van der Waals surface area contributed by atoms with Gasteiger partial charge in [-0.2, -0.15) is 0 Å². The van der Waals surface area contributed by atoms with Crippen LogP contribution in [0.1, 0.15) is 27.2 Å². The van der Waals surface area contributed by atoms with Crippen LogP contribution in [-0.4, -0.2) is 15.9 Å². The Morgan fingerprint density at radius 3 is 2.56 bits per heavy atom. The number of anilines is 2. The van der Waals surface area contributed by atoms with Crippen molar-refractivity contribution in [3.05, 3.63) is 83.4 Å². The fourth-order valence-electron chi connectivity index (χ4n) is 2.55. The van der Waals surface area contributed by atoms with Crippen molar-refractivity contribution in [2.75, 3.05) is 10.6 Å². The average Bonchev–Trinajstić information content (AvgIpc) is 2.64. The molecule has 0 unspecified atom stereocenters. The number of aryl methyl sites for hydroxylation is 2. The fourth-order valence-corrected chi connectivity index (χ4v) is 2.55. The number of aromatic nitrogens is 2. The minimum atomic E-state index is -0.175. The van der Waals surface area contributed by atoms with E-state index in [0.29, 0.717) is 12.1 Å². The van der Waals surface area contributed by atoms with Gasteiger partial charge in [-0.05, 0) is 43.2 Å². The first-order valence-electron chi connectivity index (χ1n) is 8.10. The van der Waals surface area contributed by atoms with Gasteiger partial charge in [-0.15, -0.1) is 0 Å². The number of rotatable bonds is 5. The maximum atomic E-state index is 12.6. The molecule has 0 radical (unpaired) electrons. The molecule has 126 valence electrons. The van der Waals surface area contributed by atoms with Gasteiger partial charge >= 0.3 is 0 Å². The zero-order chi connectivity index (χ0) is 17.6. The summed E-state index contributed by atoms with van der Waals surface area (Å²) in [4.78, 5) is 21.0. The molecule has 25 heavy (non-hydrogen) atoms. The monoisotopic (exact) mass is 332 g/mol. The maximum Gasteiger partial charge on any atom is 0.257 e. The molecule has 1 amide bonds. The van der Waals surface area contributed by atoms with Gasteiger partial charge in [0, 0.05) is 24.3 Å². The van der Waals surface area contributed by atoms with Gasteiger partial charge in [-0.3, -0.25) is 14.8 Å². The van der Waals surface area contributed by atoms with Gasteiger partial charge in [0.05, 0.1) is 23.5 Å². The molecule has 0 fully saturated rings. The number of carbonyl (C=O) groups excluding carboxylic acids is 1. The summed E-state index contributed by atoms with van der Waals surface area (Å²) in [6, 6.07) is 13.5. The second-order valence-corrected chi connectivity index (χ2v) is 5.86. The molecule has 2 heterocycles. The molecule has 3 aromatic rings. The molecule has 5 heteroatoms. The lowest BCUT2D eigenvalue weighted by atomic mass is 10.1. The summed E-state index contributed by atoms with van der Waals surface area (Å²) < 4.78 is 0. The van der Waals surface area contributed by atoms with E-state index in [1.165, 1.54) is 0 Å². The lowest BCUT2D eigenvalue weighted by Gasteiger charge is -2.12. The molecule has 2 N–H and O–H groups in total. The zero-order valence-corrected chi connectivity index (χ0v) is 14.3. The Bertz CT molecular complexity index is 858. The van der Waals surface area contributed by atoms with Crippen molar-refractivity contribution in [1.29, 1.82) is 0 Å². The highest BCUT2D eigenvalue weighted by Crippen LogP contribution is 2.20. The van der Waals surface area contributed by atoms with E-state index in [1.807, 2.05) is 50.2 Å². The third-order valence-electron chi connectivity index (χ3n) is 3.92. The number of para-hydroxylation sites is 1. The predicted molar refractivity (Wildman–Crippen MR) is 99.7 cm³/mol. The summed E-state index contributed by atoms with van der Waals surface area (Å²) in [5.41, 5.74) is 5.12. The van der Waals surface area contributed by atoms with E-state index < -0.39 is 0 Å². The normalized spacial score (nSPS) is 10.3. The van der Waals surface area contributed by atoms with Crippen LogP contribution in [0, 0.1) is 13.8 Å². The molecule has 0 aliphatic carbocycles. The van der Waals surface area contributed by atoms with Gasteiger partial charge < -0.3 is 10.6 Å². The number of benzene rings is 1. The topological polar surface area (TPSA) is 66.9 Å². The standard InChI is InChI=1S/C20H20N4O/c1-14-6-5-7-15(2)19(14)24-20(25)16-10-18(12-21-11-16)23-13-17-8-3-4-9-22-17/h3-12,23H,13H2,1-2H3,(H,24,25). The van der Waals surface area contributed by atoms with Gasteiger partial charge in [0.25, 0.3) is 5.91 Å². The highest BCUT2D eigenvalue weighted by Gasteiger charge is 2.10. The van der Waals surface area contributed by atoms with Crippen molar-refractivity contribution in [1.82, 2.24) is 9.97 Å². The molecule has 1 aromatic carbocycles. The molecule has 5 nitrogen and oxygen atoms in total. The fraction of sp³-hybridized carbons (Fsp3) is 0.150. The highest BCUT2D eigenvalue weighted by molar-refractivity contribution is 6.05. The molecule has 0 aliphatic rings. The van der Waals surface area contributed by atoms with Crippen LogP contribution >= 0.6 is 0 Å². The number of amides is 1. The van der Waals surface area contributed by atoms with E-state index in [4.69, 9.17) is 0 Å².